The van der Waals surface area contributed by atoms with Gasteiger partial charge in [0.2, 0.25) is 0 Å². The van der Waals surface area contributed by atoms with E-state index in [0.29, 0.717) is 18.7 Å². The van der Waals surface area contributed by atoms with Crippen molar-refractivity contribution in [2.75, 3.05) is 26.8 Å². The highest BCUT2D eigenvalue weighted by Crippen LogP contribution is 2.44. The summed E-state index contributed by atoms with van der Waals surface area (Å²) in [4.78, 5) is 19.6. The van der Waals surface area contributed by atoms with E-state index >= 15 is 0 Å². The molecule has 1 aromatic heterocycles. The number of carbonyl (C=O) groups excluding carboxylic acids is 1. The number of aryl methyl sites for hydroxylation is 1. The Labute approximate surface area is 215 Å². The number of rotatable bonds is 8. The van der Waals surface area contributed by atoms with Crippen LogP contribution in [0.25, 0.3) is 0 Å². The molecular weight excluding hydrogens is 456 g/mol. The van der Waals surface area contributed by atoms with Gasteiger partial charge in [0.25, 0.3) is 5.91 Å². The Morgan fingerprint density at radius 1 is 1.22 bits per heavy atom. The van der Waals surface area contributed by atoms with Crippen LogP contribution < -0.4 is 9.47 Å². The summed E-state index contributed by atoms with van der Waals surface area (Å²) in [5, 5.41) is 0. The van der Waals surface area contributed by atoms with E-state index in [-0.39, 0.29) is 29.8 Å². The average molecular weight is 497 g/mol. The van der Waals surface area contributed by atoms with Gasteiger partial charge in [-0.05, 0) is 69.9 Å². The van der Waals surface area contributed by atoms with Crippen LogP contribution in [0.4, 0.5) is 0 Å². The summed E-state index contributed by atoms with van der Waals surface area (Å²) in [6.07, 6.45) is 7.87. The third kappa shape index (κ3) is 6.19. The molecule has 36 heavy (non-hydrogen) atoms. The molecule has 1 amide bonds. The number of piperidine rings is 1. The predicted octanol–water partition coefficient (Wildman–Crippen LogP) is 5.51. The van der Waals surface area contributed by atoms with E-state index in [0.717, 1.165) is 61.3 Å². The number of carbonyl (C=O) groups is 1. The summed E-state index contributed by atoms with van der Waals surface area (Å²) in [7, 11) is 1.65. The normalized spacial score (nSPS) is 21.6. The first-order chi connectivity index (χ1) is 17.3. The van der Waals surface area contributed by atoms with Gasteiger partial charge in [-0.25, -0.2) is 0 Å². The molecule has 0 N–H and O–H groups in total. The summed E-state index contributed by atoms with van der Waals surface area (Å²) in [6.45, 7) is 10.2. The Bertz CT molecular complexity index is 1030. The maximum Gasteiger partial charge on any atom is 0.253 e. The van der Waals surface area contributed by atoms with Crippen LogP contribution in [0.5, 0.6) is 11.5 Å². The zero-order valence-corrected chi connectivity index (χ0v) is 22.3. The molecule has 196 valence electrons. The van der Waals surface area contributed by atoms with Gasteiger partial charge in [0.05, 0.1) is 37.2 Å². The summed E-state index contributed by atoms with van der Waals surface area (Å²) in [6, 6.07) is 7.71. The molecule has 1 spiro atoms. The third-order valence-electron chi connectivity index (χ3n) is 7.11. The summed E-state index contributed by atoms with van der Waals surface area (Å²) in [5.41, 5.74) is 2.38. The number of hydrogen-bond acceptors (Lipinski definition) is 6. The zero-order chi connectivity index (χ0) is 25.7. The number of amides is 1. The second-order valence-electron chi connectivity index (χ2n) is 10.3. The Morgan fingerprint density at radius 3 is 2.67 bits per heavy atom. The third-order valence-corrected chi connectivity index (χ3v) is 7.11. The molecule has 0 radical (unpaired) electrons. The second-order valence-corrected chi connectivity index (χ2v) is 10.3. The Morgan fingerprint density at radius 2 is 2.00 bits per heavy atom. The van der Waals surface area contributed by atoms with Crippen LogP contribution in [0.15, 0.2) is 36.7 Å². The van der Waals surface area contributed by atoms with Crippen molar-refractivity contribution in [2.24, 2.45) is 0 Å². The van der Waals surface area contributed by atoms with E-state index in [1.807, 2.05) is 56.1 Å². The molecule has 2 saturated heterocycles. The van der Waals surface area contributed by atoms with Gasteiger partial charge in [0, 0.05) is 49.9 Å². The highest BCUT2D eigenvalue weighted by Gasteiger charge is 2.45. The topological polar surface area (TPSA) is 70.1 Å². The standard InChI is InChI=1S/C29H40N2O5/c1-6-13-34-24-16-27(23-15-25(33-5)19-30-18-23)36-29(17-24)9-11-31(12-10-29)28(32)22-7-8-26(21(4)14-22)35-20(2)3/h7-8,14-15,18-20,24,27H,6,9-13,16-17H2,1-5H3/t24-,27-/m1/s1. The molecule has 0 unspecified atom stereocenters. The van der Waals surface area contributed by atoms with Crippen molar-refractivity contribution in [1.29, 1.82) is 0 Å². The van der Waals surface area contributed by atoms with E-state index in [4.69, 9.17) is 18.9 Å². The van der Waals surface area contributed by atoms with Crippen molar-refractivity contribution in [3.8, 4) is 11.5 Å². The maximum atomic E-state index is 13.3. The molecule has 7 nitrogen and oxygen atoms in total. The average Bonchev–Trinajstić information content (AvgIpc) is 2.88. The fourth-order valence-corrected chi connectivity index (χ4v) is 5.26. The highest BCUT2D eigenvalue weighted by atomic mass is 16.5. The molecule has 2 fully saturated rings. The Balaban J connectivity index is 1.46. The molecular formula is C29H40N2O5. The van der Waals surface area contributed by atoms with Gasteiger partial charge in [-0.3, -0.25) is 9.78 Å². The molecule has 2 aliphatic rings. The van der Waals surface area contributed by atoms with Gasteiger partial charge in [0.1, 0.15) is 11.5 Å². The number of methoxy groups -OCH3 is 1. The molecule has 4 rings (SSSR count). The summed E-state index contributed by atoms with van der Waals surface area (Å²) >= 11 is 0. The minimum absolute atomic E-state index is 0.0622. The molecule has 3 heterocycles. The van der Waals surface area contributed by atoms with Crippen LogP contribution in [0.2, 0.25) is 0 Å². The number of hydrogen-bond donors (Lipinski definition) is 0. The maximum absolute atomic E-state index is 13.3. The van der Waals surface area contributed by atoms with Gasteiger partial charge in [-0.15, -0.1) is 0 Å². The molecule has 2 aromatic rings. The van der Waals surface area contributed by atoms with Gasteiger partial charge >= 0.3 is 0 Å². The van der Waals surface area contributed by atoms with E-state index < -0.39 is 0 Å². The monoisotopic (exact) mass is 496 g/mol. The zero-order valence-electron chi connectivity index (χ0n) is 22.3. The summed E-state index contributed by atoms with van der Waals surface area (Å²) in [5.74, 6) is 1.61. The molecule has 0 saturated carbocycles. The molecule has 2 atom stereocenters. The number of benzene rings is 1. The van der Waals surface area contributed by atoms with Crippen molar-refractivity contribution < 1.29 is 23.7 Å². The second kappa shape index (κ2) is 11.6. The van der Waals surface area contributed by atoms with Crippen LogP contribution in [0.1, 0.15) is 80.5 Å². The van der Waals surface area contributed by atoms with E-state index in [2.05, 4.69) is 11.9 Å². The van der Waals surface area contributed by atoms with Gasteiger partial charge in [-0.1, -0.05) is 6.92 Å². The van der Waals surface area contributed by atoms with Crippen LogP contribution in [0.3, 0.4) is 0 Å². The minimum atomic E-state index is -0.313. The SMILES string of the molecule is CCCO[C@@H]1C[C@H](c2cncc(OC)c2)OC2(CCN(C(=O)c3ccc(OC(C)C)c(C)c3)CC2)C1. The first-order valence-corrected chi connectivity index (χ1v) is 13.2. The fraction of sp³-hybridized carbons (Fsp3) is 0.586. The molecule has 0 bridgehead atoms. The predicted molar refractivity (Wildman–Crippen MR) is 139 cm³/mol. The van der Waals surface area contributed by atoms with Crippen LogP contribution in [-0.2, 0) is 9.47 Å². The summed E-state index contributed by atoms with van der Waals surface area (Å²) < 4.78 is 24.2. The van der Waals surface area contributed by atoms with Crippen LogP contribution in [0, 0.1) is 6.92 Å². The van der Waals surface area contributed by atoms with Crippen LogP contribution >= 0.6 is 0 Å². The lowest BCUT2D eigenvalue weighted by Gasteiger charge is -2.48. The van der Waals surface area contributed by atoms with Crippen LogP contribution in [-0.4, -0.2) is 60.4 Å². The molecule has 1 aromatic carbocycles. The van der Waals surface area contributed by atoms with Crippen molar-refractivity contribution >= 4 is 5.91 Å². The quantitative estimate of drug-likeness (QED) is 0.480. The lowest BCUT2D eigenvalue weighted by Crippen LogP contribution is -2.52. The Kier molecular flexibility index (Phi) is 8.52. The number of nitrogens with zero attached hydrogens (tertiary/aromatic N) is 2. The largest absolute Gasteiger partial charge is 0.495 e. The lowest BCUT2D eigenvalue weighted by atomic mass is 9.80. The minimum Gasteiger partial charge on any atom is -0.495 e. The van der Waals surface area contributed by atoms with Crippen molar-refractivity contribution in [2.45, 2.75) is 83.7 Å². The van der Waals surface area contributed by atoms with Crippen molar-refractivity contribution in [1.82, 2.24) is 9.88 Å². The first kappa shape index (κ1) is 26.4. The molecule has 0 aliphatic carbocycles. The highest BCUT2D eigenvalue weighted by molar-refractivity contribution is 5.94. The number of likely N-dealkylation sites (tertiary alicyclic amines) is 1. The smallest absolute Gasteiger partial charge is 0.253 e. The van der Waals surface area contributed by atoms with E-state index in [1.165, 1.54) is 0 Å². The van der Waals surface area contributed by atoms with Crippen molar-refractivity contribution in [3.05, 3.63) is 53.3 Å². The van der Waals surface area contributed by atoms with Gasteiger partial charge < -0.3 is 23.8 Å². The Hall–Kier alpha value is -2.64. The molecule has 2 aliphatic heterocycles. The van der Waals surface area contributed by atoms with Gasteiger partial charge in [0.15, 0.2) is 0 Å². The fourth-order valence-electron chi connectivity index (χ4n) is 5.26. The lowest BCUT2D eigenvalue weighted by molar-refractivity contribution is -0.191. The first-order valence-electron chi connectivity index (χ1n) is 13.2. The number of pyridine rings is 1. The number of ether oxygens (including phenoxy) is 4. The van der Waals surface area contributed by atoms with Crippen molar-refractivity contribution in [3.63, 3.8) is 0 Å². The van der Waals surface area contributed by atoms with Gasteiger partial charge in [-0.2, -0.15) is 0 Å². The number of aromatic nitrogens is 1. The van der Waals surface area contributed by atoms with E-state index in [9.17, 15) is 4.79 Å². The van der Waals surface area contributed by atoms with E-state index in [1.54, 1.807) is 13.3 Å². The molecule has 7 heteroatoms.